The Morgan fingerprint density at radius 1 is 1.52 bits per heavy atom. The molecule has 0 aliphatic rings. The van der Waals surface area contributed by atoms with Crippen molar-refractivity contribution in [2.45, 2.75) is 40.2 Å². The summed E-state index contributed by atoms with van der Waals surface area (Å²) < 4.78 is 12.7. The highest BCUT2D eigenvalue weighted by atomic mass is 16.5. The standard InChI is InChI=1S/C17H21N3O3/c1-7-8-13(17(3,4)5)23-16(21)14-11(2)22-15(19-14)12-9-18-20(6)10-12/h1,9-10,13H,8H2,2-6H3/t13-/m1/s1. The Hall–Kier alpha value is -2.55. The quantitative estimate of drug-likeness (QED) is 0.641. The lowest BCUT2D eigenvalue weighted by molar-refractivity contribution is -0.00124. The number of oxazole rings is 1. The number of nitrogens with zero attached hydrogens (tertiary/aromatic N) is 3. The zero-order valence-corrected chi connectivity index (χ0v) is 14.1. The van der Waals surface area contributed by atoms with Crippen LogP contribution < -0.4 is 0 Å². The van der Waals surface area contributed by atoms with Crippen LogP contribution in [0.3, 0.4) is 0 Å². The second kappa shape index (κ2) is 6.29. The Kier molecular flexibility index (Phi) is 4.60. The second-order valence-corrected chi connectivity index (χ2v) is 6.49. The summed E-state index contributed by atoms with van der Waals surface area (Å²) in [5.41, 5.74) is 0.604. The predicted octanol–water partition coefficient (Wildman–Crippen LogP) is 2.98. The number of rotatable bonds is 4. The Labute approximate surface area is 135 Å². The van der Waals surface area contributed by atoms with Gasteiger partial charge in [0.25, 0.3) is 0 Å². The van der Waals surface area contributed by atoms with E-state index in [2.05, 4.69) is 16.0 Å². The van der Waals surface area contributed by atoms with Gasteiger partial charge in [0.15, 0.2) is 5.69 Å². The van der Waals surface area contributed by atoms with Gasteiger partial charge < -0.3 is 9.15 Å². The number of hydrogen-bond acceptors (Lipinski definition) is 5. The number of hydrogen-bond donors (Lipinski definition) is 0. The van der Waals surface area contributed by atoms with Gasteiger partial charge in [-0.2, -0.15) is 5.10 Å². The monoisotopic (exact) mass is 315 g/mol. The Morgan fingerprint density at radius 2 is 2.22 bits per heavy atom. The van der Waals surface area contributed by atoms with E-state index in [1.807, 2.05) is 20.8 Å². The number of esters is 1. The van der Waals surface area contributed by atoms with Crippen LogP contribution in [0.15, 0.2) is 16.8 Å². The molecule has 0 unspecified atom stereocenters. The van der Waals surface area contributed by atoms with E-state index in [0.29, 0.717) is 23.6 Å². The average molecular weight is 315 g/mol. The minimum Gasteiger partial charge on any atom is -0.456 e. The van der Waals surface area contributed by atoms with Gasteiger partial charge in [-0.1, -0.05) is 20.8 Å². The first kappa shape index (κ1) is 16.8. The predicted molar refractivity (Wildman–Crippen MR) is 85.6 cm³/mol. The smallest absolute Gasteiger partial charge is 0.360 e. The summed E-state index contributed by atoms with van der Waals surface area (Å²) in [6.45, 7) is 7.59. The van der Waals surface area contributed by atoms with Crippen LogP contribution in [0, 0.1) is 24.7 Å². The summed E-state index contributed by atoms with van der Waals surface area (Å²) in [4.78, 5) is 16.7. The van der Waals surface area contributed by atoms with Crippen LogP contribution in [-0.4, -0.2) is 26.8 Å². The van der Waals surface area contributed by atoms with Crippen molar-refractivity contribution in [1.82, 2.24) is 14.8 Å². The van der Waals surface area contributed by atoms with Crippen LogP contribution in [0.2, 0.25) is 0 Å². The molecule has 6 nitrogen and oxygen atoms in total. The van der Waals surface area contributed by atoms with Crippen LogP contribution in [0.25, 0.3) is 11.5 Å². The van der Waals surface area contributed by atoms with Gasteiger partial charge in [-0.25, -0.2) is 9.78 Å². The summed E-state index contributed by atoms with van der Waals surface area (Å²) in [6.07, 6.45) is 8.71. The number of carbonyl (C=O) groups excluding carboxylic acids is 1. The molecule has 0 aromatic carbocycles. The van der Waals surface area contributed by atoms with Crippen LogP contribution in [0.4, 0.5) is 0 Å². The molecule has 2 aromatic heterocycles. The van der Waals surface area contributed by atoms with Gasteiger partial charge in [-0.05, 0) is 12.3 Å². The largest absolute Gasteiger partial charge is 0.456 e. The van der Waals surface area contributed by atoms with Crippen LogP contribution in [0.5, 0.6) is 0 Å². The fourth-order valence-corrected chi connectivity index (χ4v) is 2.06. The third-order valence-electron chi connectivity index (χ3n) is 3.46. The van der Waals surface area contributed by atoms with E-state index in [4.69, 9.17) is 15.6 Å². The van der Waals surface area contributed by atoms with Gasteiger partial charge in [0.05, 0.1) is 11.8 Å². The van der Waals surface area contributed by atoms with E-state index >= 15 is 0 Å². The fourth-order valence-electron chi connectivity index (χ4n) is 2.06. The third-order valence-corrected chi connectivity index (χ3v) is 3.46. The zero-order valence-electron chi connectivity index (χ0n) is 14.1. The highest BCUT2D eigenvalue weighted by Crippen LogP contribution is 2.27. The maximum Gasteiger partial charge on any atom is 0.360 e. The van der Waals surface area contributed by atoms with Crippen LogP contribution in [-0.2, 0) is 11.8 Å². The summed E-state index contributed by atoms with van der Waals surface area (Å²) >= 11 is 0. The fraction of sp³-hybridized carbons (Fsp3) is 0.471. The highest BCUT2D eigenvalue weighted by Gasteiger charge is 2.30. The molecule has 122 valence electrons. The van der Waals surface area contributed by atoms with Gasteiger partial charge in [0.1, 0.15) is 11.9 Å². The van der Waals surface area contributed by atoms with Crippen molar-refractivity contribution < 1.29 is 13.9 Å². The number of aryl methyl sites for hydroxylation is 2. The highest BCUT2D eigenvalue weighted by molar-refractivity contribution is 5.89. The molecule has 0 fully saturated rings. The minimum absolute atomic E-state index is 0.162. The van der Waals surface area contributed by atoms with Gasteiger partial charge >= 0.3 is 5.97 Å². The molecule has 0 aliphatic heterocycles. The number of terminal acetylenes is 1. The average Bonchev–Trinajstić information content (AvgIpc) is 3.03. The van der Waals surface area contributed by atoms with E-state index in [1.54, 1.807) is 31.0 Å². The Bertz CT molecular complexity index is 744. The van der Waals surface area contributed by atoms with E-state index in [1.165, 1.54) is 0 Å². The maximum absolute atomic E-state index is 12.4. The van der Waals surface area contributed by atoms with Crippen molar-refractivity contribution in [2.75, 3.05) is 0 Å². The molecule has 0 saturated heterocycles. The molecule has 0 amide bonds. The molecule has 0 saturated carbocycles. The number of ether oxygens (including phenoxy) is 1. The molecule has 0 N–H and O–H groups in total. The first-order valence-corrected chi connectivity index (χ1v) is 7.33. The molecule has 0 aliphatic carbocycles. The van der Waals surface area contributed by atoms with Gasteiger partial charge in [0, 0.05) is 19.7 Å². The minimum atomic E-state index is -0.531. The van der Waals surface area contributed by atoms with Crippen molar-refractivity contribution in [3.05, 3.63) is 23.8 Å². The molecule has 2 aromatic rings. The molecule has 0 radical (unpaired) electrons. The number of aromatic nitrogens is 3. The SMILES string of the molecule is C#CC[C@@H](OC(=O)c1nc(-c2cnn(C)c2)oc1C)C(C)(C)C. The normalized spacial score (nSPS) is 12.7. The number of carbonyl (C=O) groups is 1. The first-order chi connectivity index (χ1) is 10.7. The summed E-state index contributed by atoms with van der Waals surface area (Å²) in [7, 11) is 1.79. The van der Waals surface area contributed by atoms with E-state index in [0.717, 1.165) is 0 Å². The maximum atomic E-state index is 12.4. The third kappa shape index (κ3) is 3.81. The summed E-state index contributed by atoms with van der Waals surface area (Å²) in [5, 5.41) is 4.06. The lowest BCUT2D eigenvalue weighted by atomic mass is 9.87. The first-order valence-electron chi connectivity index (χ1n) is 7.33. The molecule has 1 atom stereocenters. The Morgan fingerprint density at radius 3 is 2.74 bits per heavy atom. The van der Waals surface area contributed by atoms with Crippen molar-refractivity contribution in [1.29, 1.82) is 0 Å². The topological polar surface area (TPSA) is 70.2 Å². The Balaban J connectivity index is 2.23. The molecule has 2 heterocycles. The van der Waals surface area contributed by atoms with Crippen LogP contribution >= 0.6 is 0 Å². The van der Waals surface area contributed by atoms with Crippen molar-refractivity contribution in [3.8, 4) is 23.8 Å². The van der Waals surface area contributed by atoms with Gasteiger partial charge in [0.2, 0.25) is 5.89 Å². The second-order valence-electron chi connectivity index (χ2n) is 6.49. The van der Waals surface area contributed by atoms with E-state index in [9.17, 15) is 4.79 Å². The molecule has 23 heavy (non-hydrogen) atoms. The molecule has 6 heteroatoms. The summed E-state index contributed by atoms with van der Waals surface area (Å²) in [6, 6.07) is 0. The van der Waals surface area contributed by atoms with Crippen molar-refractivity contribution >= 4 is 5.97 Å². The molecule has 2 rings (SSSR count). The van der Waals surface area contributed by atoms with Gasteiger partial charge in [-0.15, -0.1) is 12.3 Å². The zero-order chi connectivity index (χ0) is 17.2. The van der Waals surface area contributed by atoms with E-state index in [-0.39, 0.29) is 11.1 Å². The summed E-state index contributed by atoms with van der Waals surface area (Å²) in [5.74, 6) is 2.76. The van der Waals surface area contributed by atoms with Crippen molar-refractivity contribution in [3.63, 3.8) is 0 Å². The van der Waals surface area contributed by atoms with E-state index < -0.39 is 12.1 Å². The lowest BCUT2D eigenvalue weighted by Gasteiger charge is -2.28. The molecule has 0 spiro atoms. The van der Waals surface area contributed by atoms with Gasteiger partial charge in [-0.3, -0.25) is 4.68 Å². The lowest BCUT2D eigenvalue weighted by Crippen LogP contribution is -2.31. The van der Waals surface area contributed by atoms with Crippen molar-refractivity contribution in [2.24, 2.45) is 12.5 Å². The van der Waals surface area contributed by atoms with Crippen LogP contribution in [0.1, 0.15) is 43.4 Å². The molecule has 0 bridgehead atoms. The molecular weight excluding hydrogens is 294 g/mol. The molecular formula is C17H21N3O3.